The molecule has 40 heavy (non-hydrogen) atoms. The van der Waals surface area contributed by atoms with Crippen molar-refractivity contribution in [2.45, 2.75) is 13.8 Å². The lowest BCUT2D eigenvalue weighted by Gasteiger charge is -2.23. The second kappa shape index (κ2) is 10.6. The summed E-state index contributed by atoms with van der Waals surface area (Å²) in [5, 5.41) is 1.91. The van der Waals surface area contributed by atoms with E-state index in [1.807, 2.05) is 121 Å². The molecule has 6 rings (SSSR count). The summed E-state index contributed by atoms with van der Waals surface area (Å²) in [6.45, 7) is 4.18. The molecule has 2 nitrogen and oxygen atoms in total. The van der Waals surface area contributed by atoms with Crippen molar-refractivity contribution in [3.8, 4) is 22.3 Å². The molecule has 0 aliphatic rings. The molecule has 0 saturated carbocycles. The van der Waals surface area contributed by atoms with Gasteiger partial charge in [0.25, 0.3) is 0 Å². The zero-order valence-electron chi connectivity index (χ0n) is 22.5. The van der Waals surface area contributed by atoms with Crippen molar-refractivity contribution in [1.29, 1.82) is 0 Å². The second-order valence-electron chi connectivity index (χ2n) is 10.1. The first kappa shape index (κ1) is 25.2. The predicted octanol–water partition coefficient (Wildman–Crippen LogP) is 9.25. The molecule has 192 valence electrons. The van der Waals surface area contributed by atoms with Crippen LogP contribution in [0, 0.1) is 13.8 Å². The maximum Gasteiger partial charge on any atom is 0.194 e. The maximum atomic E-state index is 14.6. The van der Waals surface area contributed by atoms with Crippen LogP contribution in [0.15, 0.2) is 133 Å². The molecule has 0 spiro atoms. The summed E-state index contributed by atoms with van der Waals surface area (Å²) in [5.74, 6) is -0.341. The molecule has 0 bridgehead atoms. The van der Waals surface area contributed by atoms with Gasteiger partial charge in [0.05, 0.1) is 0 Å². The average molecular weight is 517 g/mol. The highest BCUT2D eigenvalue weighted by Crippen LogP contribution is 2.44. The summed E-state index contributed by atoms with van der Waals surface area (Å²) in [6, 6.07) is 42.8. The third-order valence-electron chi connectivity index (χ3n) is 7.57. The Bertz CT molecular complexity index is 1710. The summed E-state index contributed by atoms with van der Waals surface area (Å²) in [5.41, 5.74) is 7.58. The molecule has 0 aliphatic carbocycles. The number of fused-ring (bicyclic) bond motifs is 1. The van der Waals surface area contributed by atoms with E-state index in [4.69, 9.17) is 0 Å². The zero-order valence-corrected chi connectivity index (χ0v) is 22.5. The van der Waals surface area contributed by atoms with Crippen LogP contribution in [0.5, 0.6) is 0 Å². The normalized spacial score (nSPS) is 10.9. The largest absolute Gasteiger partial charge is 0.289 e. The lowest BCUT2D eigenvalue weighted by atomic mass is 9.78. The van der Waals surface area contributed by atoms with Crippen LogP contribution in [0.4, 0.5) is 0 Å². The summed E-state index contributed by atoms with van der Waals surface area (Å²) >= 11 is 0. The SMILES string of the molecule is Cc1cc2c(-c3ccccc3)c(C(=O)c3ccccc3)c(C(=O)c3ccccc3)c(-c3ccccc3)c2cc1C. The molecule has 2 heteroatoms. The van der Waals surface area contributed by atoms with Gasteiger partial charge in [-0.25, -0.2) is 0 Å². The van der Waals surface area contributed by atoms with E-state index in [0.717, 1.165) is 44.2 Å². The Morgan fingerprint density at radius 2 is 0.725 bits per heavy atom. The van der Waals surface area contributed by atoms with E-state index in [2.05, 4.69) is 26.0 Å². The molecular formula is C38H28O2. The molecule has 6 aromatic rings. The number of hydrogen-bond donors (Lipinski definition) is 0. The zero-order chi connectivity index (χ0) is 27.6. The summed E-state index contributed by atoms with van der Waals surface area (Å²) in [6.07, 6.45) is 0. The van der Waals surface area contributed by atoms with E-state index in [0.29, 0.717) is 22.3 Å². The number of hydrogen-bond acceptors (Lipinski definition) is 2. The fraction of sp³-hybridized carbons (Fsp3) is 0.0526. The van der Waals surface area contributed by atoms with Gasteiger partial charge in [0, 0.05) is 33.4 Å². The standard InChI is InChI=1S/C38H28O2/c1-25-23-31-32(24-26(25)2)34(28-17-9-4-10-18-28)36(38(40)30-21-13-6-14-22-30)35(33(31)27-15-7-3-8-16-27)37(39)29-19-11-5-12-20-29/h3-24H,1-2H3. The number of aryl methyl sites for hydroxylation is 2. The summed E-state index contributed by atoms with van der Waals surface area (Å²) in [7, 11) is 0. The van der Waals surface area contributed by atoms with Crippen LogP contribution in [-0.4, -0.2) is 11.6 Å². The molecule has 0 aromatic heterocycles. The molecule has 0 aliphatic heterocycles. The molecule has 0 radical (unpaired) electrons. The Labute approximate surface area is 234 Å². The first-order valence-corrected chi connectivity index (χ1v) is 13.5. The Balaban J connectivity index is 1.88. The molecule has 0 atom stereocenters. The molecule has 0 N–H and O–H groups in total. The third kappa shape index (κ3) is 4.44. The van der Waals surface area contributed by atoms with Crippen molar-refractivity contribution in [1.82, 2.24) is 0 Å². The molecule has 0 fully saturated rings. The Morgan fingerprint density at radius 1 is 0.425 bits per heavy atom. The number of carbonyl (C=O) groups excluding carboxylic acids is 2. The highest BCUT2D eigenvalue weighted by Gasteiger charge is 2.30. The van der Waals surface area contributed by atoms with Gasteiger partial charge in [0.15, 0.2) is 11.6 Å². The van der Waals surface area contributed by atoms with Gasteiger partial charge in [-0.15, -0.1) is 0 Å². The van der Waals surface area contributed by atoms with Gasteiger partial charge in [0.1, 0.15) is 0 Å². The molecule has 0 heterocycles. The van der Waals surface area contributed by atoms with Gasteiger partial charge < -0.3 is 0 Å². The highest BCUT2D eigenvalue weighted by atomic mass is 16.1. The fourth-order valence-corrected chi connectivity index (χ4v) is 5.48. The molecular weight excluding hydrogens is 488 g/mol. The minimum atomic E-state index is -0.170. The van der Waals surface area contributed by atoms with Crippen molar-refractivity contribution in [2.75, 3.05) is 0 Å². The van der Waals surface area contributed by atoms with Crippen molar-refractivity contribution in [2.24, 2.45) is 0 Å². The van der Waals surface area contributed by atoms with Crippen LogP contribution >= 0.6 is 0 Å². The molecule has 0 saturated heterocycles. The van der Waals surface area contributed by atoms with E-state index in [-0.39, 0.29) is 11.6 Å². The van der Waals surface area contributed by atoms with Gasteiger partial charge in [-0.2, -0.15) is 0 Å². The Hall–Kier alpha value is -5.08. The van der Waals surface area contributed by atoms with Gasteiger partial charge in [0.2, 0.25) is 0 Å². The monoisotopic (exact) mass is 516 g/mol. The Kier molecular flexibility index (Phi) is 6.67. The number of benzene rings is 6. The van der Waals surface area contributed by atoms with Crippen LogP contribution in [0.3, 0.4) is 0 Å². The number of ketones is 2. The van der Waals surface area contributed by atoms with Crippen molar-refractivity contribution in [3.05, 3.63) is 167 Å². The quantitative estimate of drug-likeness (QED) is 0.207. The van der Waals surface area contributed by atoms with E-state index in [1.54, 1.807) is 0 Å². The Morgan fingerprint density at radius 3 is 1.05 bits per heavy atom. The number of carbonyl (C=O) groups is 2. The van der Waals surface area contributed by atoms with E-state index in [9.17, 15) is 9.59 Å². The number of rotatable bonds is 6. The van der Waals surface area contributed by atoms with E-state index >= 15 is 0 Å². The lowest BCUT2D eigenvalue weighted by Crippen LogP contribution is -2.15. The van der Waals surface area contributed by atoms with Crippen molar-refractivity contribution in [3.63, 3.8) is 0 Å². The van der Waals surface area contributed by atoms with Crippen LogP contribution in [0.25, 0.3) is 33.0 Å². The molecule has 6 aromatic carbocycles. The third-order valence-corrected chi connectivity index (χ3v) is 7.57. The van der Waals surface area contributed by atoms with Gasteiger partial charge in [-0.05, 0) is 46.9 Å². The van der Waals surface area contributed by atoms with Crippen molar-refractivity contribution < 1.29 is 9.59 Å². The van der Waals surface area contributed by atoms with Crippen LogP contribution in [0.2, 0.25) is 0 Å². The van der Waals surface area contributed by atoms with Crippen LogP contribution in [0.1, 0.15) is 43.0 Å². The average Bonchev–Trinajstić information content (AvgIpc) is 3.01. The maximum absolute atomic E-state index is 14.6. The topological polar surface area (TPSA) is 34.1 Å². The molecule has 0 unspecified atom stereocenters. The highest BCUT2D eigenvalue weighted by molar-refractivity contribution is 6.30. The predicted molar refractivity (Wildman–Crippen MR) is 164 cm³/mol. The fourth-order valence-electron chi connectivity index (χ4n) is 5.48. The lowest BCUT2D eigenvalue weighted by molar-refractivity contribution is 0.100. The smallest absolute Gasteiger partial charge is 0.194 e. The first-order valence-electron chi connectivity index (χ1n) is 13.5. The van der Waals surface area contributed by atoms with E-state index in [1.165, 1.54) is 0 Å². The molecule has 0 amide bonds. The first-order chi connectivity index (χ1) is 19.5. The second-order valence-corrected chi connectivity index (χ2v) is 10.1. The minimum Gasteiger partial charge on any atom is -0.289 e. The summed E-state index contributed by atoms with van der Waals surface area (Å²) < 4.78 is 0. The summed E-state index contributed by atoms with van der Waals surface area (Å²) in [4.78, 5) is 29.2. The minimum absolute atomic E-state index is 0.170. The van der Waals surface area contributed by atoms with Gasteiger partial charge >= 0.3 is 0 Å². The van der Waals surface area contributed by atoms with Gasteiger partial charge in [-0.3, -0.25) is 9.59 Å². The van der Waals surface area contributed by atoms with Crippen LogP contribution in [-0.2, 0) is 0 Å². The van der Waals surface area contributed by atoms with Crippen molar-refractivity contribution >= 4 is 22.3 Å². The van der Waals surface area contributed by atoms with E-state index < -0.39 is 0 Å². The van der Waals surface area contributed by atoms with Gasteiger partial charge in [-0.1, -0.05) is 133 Å². The van der Waals surface area contributed by atoms with Crippen LogP contribution < -0.4 is 0 Å².